The van der Waals surface area contributed by atoms with Gasteiger partial charge in [-0.3, -0.25) is 0 Å². The number of anilines is 1. The summed E-state index contributed by atoms with van der Waals surface area (Å²) in [7, 11) is 2.13. The van der Waals surface area contributed by atoms with Gasteiger partial charge in [0.05, 0.1) is 16.7 Å². The van der Waals surface area contributed by atoms with Crippen LogP contribution in [0.25, 0.3) is 0 Å². The molecule has 0 spiro atoms. The second-order valence-electron chi connectivity index (χ2n) is 5.57. The molecule has 17 heavy (non-hydrogen) atoms. The molecule has 2 aliphatic carbocycles. The average Bonchev–Trinajstić information content (AvgIpc) is 2.81. The van der Waals surface area contributed by atoms with E-state index in [0.29, 0.717) is 0 Å². The second kappa shape index (κ2) is 4.25. The van der Waals surface area contributed by atoms with Crippen molar-refractivity contribution in [3.8, 4) is 0 Å². The molecule has 0 amide bonds. The monoisotopic (exact) mass is 252 g/mol. The zero-order chi connectivity index (χ0) is 12.0. The normalized spacial score (nSPS) is 31.1. The summed E-state index contributed by atoms with van der Waals surface area (Å²) in [5.74, 6) is 1.74. The van der Waals surface area contributed by atoms with Crippen LogP contribution in [0, 0.1) is 11.8 Å². The highest BCUT2D eigenvalue weighted by atomic mass is 32.1. The molecule has 1 heterocycles. The number of fused-ring (bicyclic) bond motifs is 1. The molecule has 0 saturated heterocycles. The van der Waals surface area contributed by atoms with Gasteiger partial charge in [-0.05, 0) is 37.5 Å². The van der Waals surface area contributed by atoms with Crippen LogP contribution in [0.3, 0.4) is 0 Å². The molecule has 3 unspecified atom stereocenters. The number of thiazole rings is 1. The lowest BCUT2D eigenvalue weighted by Crippen LogP contribution is -2.20. The Labute approximate surface area is 106 Å². The van der Waals surface area contributed by atoms with Gasteiger partial charge in [-0.2, -0.15) is 0 Å². The summed E-state index contributed by atoms with van der Waals surface area (Å²) in [4.78, 5) is 8.07. The van der Waals surface area contributed by atoms with Crippen molar-refractivity contribution in [1.82, 2.24) is 4.98 Å². The van der Waals surface area contributed by atoms with E-state index in [4.69, 9.17) is 4.98 Å². The summed E-state index contributed by atoms with van der Waals surface area (Å²) < 4.78 is 0. The van der Waals surface area contributed by atoms with Gasteiger partial charge in [0.15, 0.2) is 5.13 Å². The zero-order valence-electron chi connectivity index (χ0n) is 10.5. The lowest BCUT2D eigenvalue weighted by Gasteiger charge is -2.15. The number of aliphatic hydroxyl groups excluding tert-OH is 1. The Hall–Kier alpha value is -0.610. The van der Waals surface area contributed by atoms with E-state index >= 15 is 0 Å². The fraction of sp³-hybridized carbons (Fsp3) is 0.769. The number of aromatic nitrogens is 1. The van der Waals surface area contributed by atoms with Gasteiger partial charge in [0, 0.05) is 13.6 Å². The van der Waals surface area contributed by atoms with Gasteiger partial charge in [-0.25, -0.2) is 4.98 Å². The zero-order valence-corrected chi connectivity index (χ0v) is 11.3. The first-order valence-corrected chi connectivity index (χ1v) is 7.35. The molecule has 1 fully saturated rings. The van der Waals surface area contributed by atoms with Crippen molar-refractivity contribution in [1.29, 1.82) is 0 Å². The third-order valence-corrected chi connectivity index (χ3v) is 5.33. The topological polar surface area (TPSA) is 36.4 Å². The second-order valence-corrected chi connectivity index (χ2v) is 6.58. The van der Waals surface area contributed by atoms with E-state index in [1.165, 1.54) is 6.42 Å². The molecule has 3 rings (SSSR count). The van der Waals surface area contributed by atoms with E-state index < -0.39 is 0 Å². The minimum atomic E-state index is -0.266. The van der Waals surface area contributed by atoms with Crippen LogP contribution >= 0.6 is 11.3 Å². The van der Waals surface area contributed by atoms with Crippen LogP contribution < -0.4 is 4.90 Å². The van der Waals surface area contributed by atoms with Crippen molar-refractivity contribution in [2.24, 2.45) is 11.8 Å². The Morgan fingerprint density at radius 2 is 2.29 bits per heavy atom. The first kappa shape index (κ1) is 11.5. The largest absolute Gasteiger partial charge is 0.388 e. The first-order valence-electron chi connectivity index (χ1n) is 6.54. The number of rotatable bonds is 3. The van der Waals surface area contributed by atoms with Gasteiger partial charge in [-0.1, -0.05) is 18.3 Å². The van der Waals surface area contributed by atoms with E-state index in [-0.39, 0.29) is 6.10 Å². The molecular formula is C13H20N2OS. The Balaban J connectivity index is 1.74. The van der Waals surface area contributed by atoms with Crippen LogP contribution in [-0.4, -0.2) is 23.7 Å². The van der Waals surface area contributed by atoms with E-state index in [9.17, 15) is 5.11 Å². The third kappa shape index (κ3) is 2.20. The highest BCUT2D eigenvalue weighted by Crippen LogP contribution is 2.41. The van der Waals surface area contributed by atoms with Crippen molar-refractivity contribution < 1.29 is 5.11 Å². The maximum atomic E-state index is 9.94. The molecule has 0 radical (unpaired) electrons. The van der Waals surface area contributed by atoms with Crippen molar-refractivity contribution in [3.63, 3.8) is 0 Å². The van der Waals surface area contributed by atoms with Gasteiger partial charge in [0.25, 0.3) is 0 Å². The van der Waals surface area contributed by atoms with Gasteiger partial charge in [0.1, 0.15) is 0 Å². The molecule has 1 aromatic rings. The van der Waals surface area contributed by atoms with Gasteiger partial charge in [0.2, 0.25) is 0 Å². The predicted octanol–water partition coefficient (Wildman–Crippen LogP) is 2.61. The predicted molar refractivity (Wildman–Crippen MR) is 70.6 cm³/mol. The minimum Gasteiger partial charge on any atom is -0.388 e. The van der Waals surface area contributed by atoms with Crippen LogP contribution in [0.5, 0.6) is 0 Å². The molecule has 4 heteroatoms. The summed E-state index contributed by atoms with van der Waals surface area (Å²) in [5, 5.41) is 11.0. The molecule has 94 valence electrons. The smallest absolute Gasteiger partial charge is 0.185 e. The van der Waals surface area contributed by atoms with Crippen molar-refractivity contribution in [2.45, 2.75) is 38.7 Å². The molecule has 1 N–H and O–H groups in total. The lowest BCUT2D eigenvalue weighted by atomic mass is 10.0. The summed E-state index contributed by atoms with van der Waals surface area (Å²) >= 11 is 1.69. The van der Waals surface area contributed by atoms with Gasteiger partial charge in [-0.15, -0.1) is 0 Å². The molecule has 0 aromatic carbocycles. The minimum absolute atomic E-state index is 0.266. The number of hydrogen-bond donors (Lipinski definition) is 1. The summed E-state index contributed by atoms with van der Waals surface area (Å²) in [6.07, 6.45) is 4.10. The number of hydrogen-bond acceptors (Lipinski definition) is 4. The van der Waals surface area contributed by atoms with Gasteiger partial charge >= 0.3 is 0 Å². The summed E-state index contributed by atoms with van der Waals surface area (Å²) in [6.45, 7) is 3.43. The maximum absolute atomic E-state index is 9.94. The summed E-state index contributed by atoms with van der Waals surface area (Å²) in [5.41, 5.74) is 1.14. The Kier molecular flexibility index (Phi) is 2.87. The lowest BCUT2D eigenvalue weighted by molar-refractivity contribution is 0.160. The first-order chi connectivity index (χ1) is 8.15. The molecule has 0 aliphatic heterocycles. The molecule has 3 nitrogen and oxygen atoms in total. The SMILES string of the molecule is CC1CC1CN(C)c1nc2c(s1)C(O)CCC2. The third-order valence-electron chi connectivity index (χ3n) is 4.02. The summed E-state index contributed by atoms with van der Waals surface area (Å²) in [6, 6.07) is 0. The highest BCUT2D eigenvalue weighted by molar-refractivity contribution is 7.15. The van der Waals surface area contributed by atoms with Crippen molar-refractivity contribution >= 4 is 16.5 Å². The number of aliphatic hydroxyl groups is 1. The van der Waals surface area contributed by atoms with Crippen LogP contribution in [-0.2, 0) is 6.42 Å². The number of nitrogens with zero attached hydrogens (tertiary/aromatic N) is 2. The maximum Gasteiger partial charge on any atom is 0.185 e. The molecule has 2 aliphatic rings. The van der Waals surface area contributed by atoms with E-state index in [1.807, 2.05) is 0 Å². The molecule has 0 bridgehead atoms. The Morgan fingerprint density at radius 1 is 1.53 bits per heavy atom. The fourth-order valence-electron chi connectivity index (χ4n) is 2.63. The van der Waals surface area contributed by atoms with Crippen LogP contribution in [0.2, 0.25) is 0 Å². The van der Waals surface area contributed by atoms with Crippen LogP contribution in [0.15, 0.2) is 0 Å². The fourth-order valence-corrected chi connectivity index (χ4v) is 3.73. The van der Waals surface area contributed by atoms with Gasteiger partial charge < -0.3 is 10.0 Å². The van der Waals surface area contributed by atoms with Crippen LogP contribution in [0.1, 0.15) is 42.9 Å². The average molecular weight is 252 g/mol. The highest BCUT2D eigenvalue weighted by Gasteiger charge is 2.34. The molecular weight excluding hydrogens is 232 g/mol. The van der Waals surface area contributed by atoms with Crippen molar-refractivity contribution in [2.75, 3.05) is 18.5 Å². The number of aryl methyl sites for hydroxylation is 1. The Morgan fingerprint density at radius 3 is 2.94 bits per heavy atom. The standard InChI is InChI=1S/C13H20N2OS/c1-8-6-9(8)7-15(2)13-14-10-4-3-5-11(16)12(10)17-13/h8-9,11,16H,3-7H2,1-2H3. The van der Waals surface area contributed by atoms with E-state index in [2.05, 4.69) is 18.9 Å². The molecule has 1 saturated carbocycles. The quantitative estimate of drug-likeness (QED) is 0.898. The van der Waals surface area contributed by atoms with Crippen LogP contribution in [0.4, 0.5) is 5.13 Å². The van der Waals surface area contributed by atoms with E-state index in [0.717, 1.165) is 53.3 Å². The van der Waals surface area contributed by atoms with E-state index in [1.54, 1.807) is 11.3 Å². The molecule has 3 atom stereocenters. The molecule has 1 aromatic heterocycles. The Bertz CT molecular complexity index is 418. The van der Waals surface area contributed by atoms with Crippen molar-refractivity contribution in [3.05, 3.63) is 10.6 Å².